The zero-order valence-electron chi connectivity index (χ0n) is 9.97. The molecule has 0 fully saturated rings. The monoisotopic (exact) mass is 257 g/mol. The van der Waals surface area contributed by atoms with Gasteiger partial charge in [-0.2, -0.15) is 0 Å². The fraction of sp³-hybridized carbons (Fsp3) is 0.214. The summed E-state index contributed by atoms with van der Waals surface area (Å²) in [6.45, 7) is 1.01. The molecule has 92 valence electrons. The highest BCUT2D eigenvalue weighted by Crippen LogP contribution is 2.33. The summed E-state index contributed by atoms with van der Waals surface area (Å²) in [5.41, 5.74) is 8.07. The van der Waals surface area contributed by atoms with E-state index >= 15 is 0 Å². The molecule has 3 nitrogen and oxygen atoms in total. The lowest BCUT2D eigenvalue weighted by molar-refractivity contribution is 0.645. The van der Waals surface area contributed by atoms with Crippen LogP contribution in [0.5, 0.6) is 0 Å². The maximum absolute atomic E-state index is 5.62. The minimum Gasteiger partial charge on any atom is -0.390 e. The Bertz CT molecular complexity index is 543. The molecule has 0 amide bonds. The molecule has 18 heavy (non-hydrogen) atoms. The Hall–Kier alpha value is -1.81. The fourth-order valence-corrected chi connectivity index (χ4v) is 3.07. The highest BCUT2D eigenvalue weighted by molar-refractivity contribution is 7.10. The minimum atomic E-state index is 0.558. The van der Waals surface area contributed by atoms with Crippen LogP contribution in [-0.4, -0.2) is 11.5 Å². The maximum Gasteiger partial charge on any atom is 0.123 e. The second-order valence-electron chi connectivity index (χ2n) is 4.47. The third kappa shape index (κ3) is 2.24. The molecule has 0 radical (unpaired) electrons. The highest BCUT2D eigenvalue weighted by Gasteiger charge is 2.19. The van der Waals surface area contributed by atoms with E-state index in [1.165, 1.54) is 10.5 Å². The smallest absolute Gasteiger partial charge is 0.123 e. The predicted molar refractivity (Wildman–Crippen MR) is 76.3 cm³/mol. The Balaban J connectivity index is 1.82. The van der Waals surface area contributed by atoms with Crippen LogP contribution in [0.3, 0.4) is 0 Å². The lowest BCUT2D eigenvalue weighted by Gasteiger charge is -2.23. The van der Waals surface area contributed by atoms with Gasteiger partial charge in [0, 0.05) is 29.7 Å². The van der Waals surface area contributed by atoms with Gasteiger partial charge in [0.15, 0.2) is 0 Å². The summed E-state index contributed by atoms with van der Waals surface area (Å²) in [7, 11) is 0. The zero-order valence-corrected chi connectivity index (χ0v) is 10.8. The number of thiophene rings is 1. The summed E-state index contributed by atoms with van der Waals surface area (Å²) in [6.07, 6.45) is 5.00. The molecule has 4 heteroatoms. The summed E-state index contributed by atoms with van der Waals surface area (Å²) in [5, 5.41) is 5.51. The number of nitrogen functional groups attached to an aromatic ring is 1. The van der Waals surface area contributed by atoms with E-state index in [4.69, 9.17) is 5.73 Å². The molecule has 0 spiro atoms. The van der Waals surface area contributed by atoms with E-state index in [-0.39, 0.29) is 0 Å². The van der Waals surface area contributed by atoms with Crippen LogP contribution in [0.15, 0.2) is 42.0 Å². The van der Waals surface area contributed by atoms with Crippen LogP contribution < -0.4 is 11.1 Å². The second-order valence-corrected chi connectivity index (χ2v) is 5.45. The van der Waals surface area contributed by atoms with E-state index in [0.717, 1.165) is 18.5 Å². The zero-order chi connectivity index (χ0) is 12.4. The van der Waals surface area contributed by atoms with Gasteiger partial charge >= 0.3 is 0 Å². The van der Waals surface area contributed by atoms with E-state index in [2.05, 4.69) is 34.0 Å². The number of nitrogens with two attached hydrogens (primary N) is 1. The Morgan fingerprint density at radius 3 is 3.00 bits per heavy atom. The van der Waals surface area contributed by atoms with Gasteiger partial charge in [-0.25, -0.2) is 4.98 Å². The molecule has 3 rings (SSSR count). The van der Waals surface area contributed by atoms with Crippen molar-refractivity contribution < 1.29 is 0 Å². The van der Waals surface area contributed by atoms with Crippen molar-refractivity contribution in [2.45, 2.75) is 12.3 Å². The number of hydrogen-bond donors (Lipinski definition) is 2. The number of rotatable bonds is 2. The second kappa shape index (κ2) is 4.82. The van der Waals surface area contributed by atoms with Crippen LogP contribution in [0.25, 0.3) is 5.57 Å². The normalized spacial score (nSPS) is 19.1. The van der Waals surface area contributed by atoms with Crippen molar-refractivity contribution in [2.24, 2.45) is 0 Å². The molecule has 1 unspecified atom stereocenters. The van der Waals surface area contributed by atoms with Crippen LogP contribution in [0.1, 0.15) is 22.8 Å². The number of allylic oxidation sites excluding steroid dienone is 1. The average molecular weight is 257 g/mol. The van der Waals surface area contributed by atoms with Crippen LogP contribution in [0.2, 0.25) is 0 Å². The molecule has 0 bridgehead atoms. The van der Waals surface area contributed by atoms with Crippen molar-refractivity contribution in [2.75, 3.05) is 12.3 Å². The van der Waals surface area contributed by atoms with Gasteiger partial charge in [-0.05, 0) is 41.1 Å². The van der Waals surface area contributed by atoms with Crippen LogP contribution in [-0.2, 0) is 0 Å². The van der Waals surface area contributed by atoms with E-state index in [1.807, 2.05) is 29.7 Å². The third-order valence-corrected chi connectivity index (χ3v) is 4.24. The van der Waals surface area contributed by atoms with Gasteiger partial charge in [-0.3, -0.25) is 0 Å². The molecule has 0 aliphatic carbocycles. The van der Waals surface area contributed by atoms with E-state index in [1.54, 1.807) is 0 Å². The fourth-order valence-electron chi connectivity index (χ4n) is 2.24. The van der Waals surface area contributed by atoms with Crippen molar-refractivity contribution in [1.82, 2.24) is 10.3 Å². The van der Waals surface area contributed by atoms with Crippen molar-refractivity contribution in [1.29, 1.82) is 0 Å². The van der Waals surface area contributed by atoms with E-state index in [9.17, 15) is 0 Å². The molecule has 2 aromatic rings. The number of hydrogen-bond acceptors (Lipinski definition) is 4. The van der Waals surface area contributed by atoms with Gasteiger partial charge in [-0.1, -0.05) is 6.07 Å². The average Bonchev–Trinajstić information content (AvgIpc) is 2.94. The molecule has 0 saturated heterocycles. The van der Waals surface area contributed by atoms with Crippen molar-refractivity contribution >= 4 is 22.7 Å². The Morgan fingerprint density at radius 2 is 2.28 bits per heavy atom. The first-order valence-electron chi connectivity index (χ1n) is 6.00. The van der Waals surface area contributed by atoms with Gasteiger partial charge in [0.2, 0.25) is 0 Å². The van der Waals surface area contributed by atoms with Gasteiger partial charge < -0.3 is 11.1 Å². The van der Waals surface area contributed by atoms with Crippen molar-refractivity contribution in [3.63, 3.8) is 0 Å². The molecule has 2 aromatic heterocycles. The lowest BCUT2D eigenvalue weighted by atomic mass is 9.92. The molecule has 0 aromatic carbocycles. The van der Waals surface area contributed by atoms with E-state index in [0.29, 0.717) is 11.7 Å². The van der Waals surface area contributed by atoms with Crippen molar-refractivity contribution in [3.05, 3.63) is 52.5 Å². The first-order chi connectivity index (χ1) is 8.83. The summed E-state index contributed by atoms with van der Waals surface area (Å²) < 4.78 is 0. The van der Waals surface area contributed by atoms with E-state index < -0.39 is 0 Å². The van der Waals surface area contributed by atoms with Crippen LogP contribution >= 0.6 is 11.3 Å². The van der Waals surface area contributed by atoms with Gasteiger partial charge in [0.1, 0.15) is 5.82 Å². The number of nitrogens with one attached hydrogen (secondary N) is 1. The molecule has 0 saturated carbocycles. The Labute approximate surface area is 110 Å². The van der Waals surface area contributed by atoms with Gasteiger partial charge in [-0.15, -0.1) is 11.3 Å². The minimum absolute atomic E-state index is 0.558. The molecule has 3 heterocycles. The van der Waals surface area contributed by atoms with Crippen molar-refractivity contribution in [3.8, 4) is 0 Å². The van der Waals surface area contributed by atoms with Gasteiger partial charge in [0.05, 0.1) is 0 Å². The summed E-state index contributed by atoms with van der Waals surface area (Å²) in [5.74, 6) is 1.13. The van der Waals surface area contributed by atoms with Crippen LogP contribution in [0.4, 0.5) is 5.82 Å². The van der Waals surface area contributed by atoms with Gasteiger partial charge in [0.25, 0.3) is 0 Å². The first kappa shape index (κ1) is 11.3. The first-order valence-corrected chi connectivity index (χ1v) is 6.88. The molecule has 1 atom stereocenters. The highest BCUT2D eigenvalue weighted by atomic mass is 32.1. The molecule has 3 N–H and O–H groups in total. The molecular weight excluding hydrogens is 242 g/mol. The number of pyridine rings is 1. The Morgan fingerprint density at radius 1 is 1.33 bits per heavy atom. The summed E-state index contributed by atoms with van der Waals surface area (Å²) in [6, 6.07) is 8.21. The SMILES string of the molecule is Nc1ccc(C2=CNCC(c3cccs3)C2)cn1. The summed E-state index contributed by atoms with van der Waals surface area (Å²) in [4.78, 5) is 5.60. The molecule has 1 aliphatic heterocycles. The van der Waals surface area contributed by atoms with Crippen LogP contribution in [0, 0.1) is 0 Å². The standard InChI is InChI=1S/C14H15N3S/c15-14-4-3-10(9-17-14)11-6-12(8-16-7-11)13-2-1-5-18-13/h1-5,7,9,12,16H,6,8H2,(H2,15,17). The largest absolute Gasteiger partial charge is 0.390 e. The number of aromatic nitrogens is 1. The molecule has 1 aliphatic rings. The number of anilines is 1. The quantitative estimate of drug-likeness (QED) is 0.869. The molecular formula is C14H15N3S. The lowest BCUT2D eigenvalue weighted by Crippen LogP contribution is -2.21. The number of nitrogens with zero attached hydrogens (tertiary/aromatic N) is 1. The maximum atomic E-state index is 5.62. The summed E-state index contributed by atoms with van der Waals surface area (Å²) >= 11 is 1.83. The topological polar surface area (TPSA) is 50.9 Å². The third-order valence-electron chi connectivity index (χ3n) is 3.21. The predicted octanol–water partition coefficient (Wildman–Crippen LogP) is 2.84. The Kier molecular flexibility index (Phi) is 3.02.